The van der Waals surface area contributed by atoms with Crippen molar-refractivity contribution in [2.24, 2.45) is 0 Å². The van der Waals surface area contributed by atoms with Gasteiger partial charge in [-0.1, -0.05) is 30.3 Å². The normalized spacial score (nSPS) is 11.6. The van der Waals surface area contributed by atoms with E-state index in [4.69, 9.17) is 0 Å². The molecule has 2 heteroatoms. The van der Waals surface area contributed by atoms with Crippen LogP contribution in [0.5, 0.6) is 0 Å². The lowest BCUT2D eigenvalue weighted by Gasteiger charge is -1.97. The molecular formula is C16H12N2. The molecule has 2 heterocycles. The van der Waals surface area contributed by atoms with Gasteiger partial charge in [-0.05, 0) is 24.6 Å². The number of fused-ring (bicyclic) bond motifs is 5. The van der Waals surface area contributed by atoms with Crippen molar-refractivity contribution < 1.29 is 0 Å². The molecule has 0 amide bonds. The van der Waals surface area contributed by atoms with Crippen LogP contribution in [0.3, 0.4) is 0 Å². The number of hydrogen-bond acceptors (Lipinski definition) is 1. The SMILES string of the molecule is Cc1ccc2c(c1)[nH]c1c3ccccc3ncc21. The number of nitrogens with zero attached hydrogens (tertiary/aromatic N) is 1. The molecule has 0 aliphatic rings. The molecule has 2 nitrogen and oxygen atoms in total. The van der Waals surface area contributed by atoms with Gasteiger partial charge in [0.15, 0.2) is 0 Å². The Labute approximate surface area is 104 Å². The van der Waals surface area contributed by atoms with E-state index in [1.54, 1.807) is 0 Å². The molecule has 0 atom stereocenters. The summed E-state index contributed by atoms with van der Waals surface area (Å²) in [6.07, 6.45) is 1.96. The average molecular weight is 232 g/mol. The lowest BCUT2D eigenvalue weighted by Crippen LogP contribution is -1.79. The summed E-state index contributed by atoms with van der Waals surface area (Å²) in [7, 11) is 0. The Balaban J connectivity index is 2.29. The second-order valence-electron chi connectivity index (χ2n) is 4.74. The van der Waals surface area contributed by atoms with Gasteiger partial charge in [0.25, 0.3) is 0 Å². The number of pyridine rings is 1. The molecule has 1 N–H and O–H groups in total. The van der Waals surface area contributed by atoms with E-state index in [-0.39, 0.29) is 0 Å². The van der Waals surface area contributed by atoms with Crippen molar-refractivity contribution in [3.63, 3.8) is 0 Å². The molecule has 18 heavy (non-hydrogen) atoms. The Kier molecular flexibility index (Phi) is 1.78. The molecule has 4 rings (SSSR count). The molecule has 2 aromatic carbocycles. The summed E-state index contributed by atoms with van der Waals surface area (Å²) in [6.45, 7) is 2.11. The maximum atomic E-state index is 4.53. The van der Waals surface area contributed by atoms with Crippen molar-refractivity contribution in [1.82, 2.24) is 9.97 Å². The van der Waals surface area contributed by atoms with Gasteiger partial charge < -0.3 is 4.98 Å². The molecular weight excluding hydrogens is 220 g/mol. The van der Waals surface area contributed by atoms with E-state index in [2.05, 4.69) is 47.2 Å². The minimum Gasteiger partial charge on any atom is -0.354 e. The van der Waals surface area contributed by atoms with Gasteiger partial charge in [0, 0.05) is 27.9 Å². The Hall–Kier alpha value is -2.35. The lowest BCUT2D eigenvalue weighted by atomic mass is 10.1. The van der Waals surface area contributed by atoms with E-state index in [1.807, 2.05) is 18.3 Å². The van der Waals surface area contributed by atoms with Crippen LogP contribution in [-0.4, -0.2) is 9.97 Å². The minimum absolute atomic E-state index is 1.04. The van der Waals surface area contributed by atoms with E-state index in [1.165, 1.54) is 32.8 Å². The molecule has 0 saturated carbocycles. The van der Waals surface area contributed by atoms with Gasteiger partial charge in [-0.3, -0.25) is 4.98 Å². The maximum absolute atomic E-state index is 4.53. The first-order valence-electron chi connectivity index (χ1n) is 6.09. The number of aromatic amines is 1. The summed E-state index contributed by atoms with van der Waals surface area (Å²) in [5.74, 6) is 0. The van der Waals surface area contributed by atoms with Crippen molar-refractivity contribution in [3.8, 4) is 0 Å². The third-order valence-electron chi connectivity index (χ3n) is 3.50. The summed E-state index contributed by atoms with van der Waals surface area (Å²) >= 11 is 0. The van der Waals surface area contributed by atoms with Gasteiger partial charge >= 0.3 is 0 Å². The number of aryl methyl sites for hydroxylation is 1. The second kappa shape index (κ2) is 3.33. The van der Waals surface area contributed by atoms with Gasteiger partial charge in [-0.25, -0.2) is 0 Å². The number of nitrogens with one attached hydrogen (secondary N) is 1. The number of rotatable bonds is 0. The number of benzene rings is 2. The Bertz CT molecular complexity index is 887. The molecule has 0 saturated heterocycles. The number of para-hydroxylation sites is 1. The molecule has 2 aromatic heterocycles. The highest BCUT2D eigenvalue weighted by atomic mass is 14.7. The summed E-state index contributed by atoms with van der Waals surface area (Å²) in [4.78, 5) is 8.06. The minimum atomic E-state index is 1.04. The number of hydrogen-bond donors (Lipinski definition) is 1. The molecule has 4 aromatic rings. The fraction of sp³-hybridized carbons (Fsp3) is 0.0625. The smallest absolute Gasteiger partial charge is 0.0723 e. The van der Waals surface area contributed by atoms with E-state index in [9.17, 15) is 0 Å². The Morgan fingerprint density at radius 1 is 0.944 bits per heavy atom. The summed E-state index contributed by atoms with van der Waals surface area (Å²) in [6, 6.07) is 14.7. The van der Waals surface area contributed by atoms with Crippen LogP contribution in [0.1, 0.15) is 5.56 Å². The monoisotopic (exact) mass is 232 g/mol. The van der Waals surface area contributed by atoms with Gasteiger partial charge in [0.1, 0.15) is 0 Å². The van der Waals surface area contributed by atoms with E-state index < -0.39 is 0 Å². The van der Waals surface area contributed by atoms with Crippen molar-refractivity contribution in [2.75, 3.05) is 0 Å². The Morgan fingerprint density at radius 2 is 1.83 bits per heavy atom. The summed E-state index contributed by atoms with van der Waals surface area (Å²) in [5.41, 5.74) is 4.67. The predicted octanol–water partition coefficient (Wildman–Crippen LogP) is 4.18. The number of aromatic nitrogens is 2. The molecule has 0 unspecified atom stereocenters. The van der Waals surface area contributed by atoms with Crippen LogP contribution >= 0.6 is 0 Å². The van der Waals surface area contributed by atoms with Crippen molar-refractivity contribution in [3.05, 3.63) is 54.2 Å². The molecule has 0 aliphatic carbocycles. The fourth-order valence-electron chi connectivity index (χ4n) is 2.61. The first kappa shape index (κ1) is 9.66. The third-order valence-corrected chi connectivity index (χ3v) is 3.50. The van der Waals surface area contributed by atoms with E-state index >= 15 is 0 Å². The highest BCUT2D eigenvalue weighted by Crippen LogP contribution is 2.29. The zero-order chi connectivity index (χ0) is 12.1. The largest absolute Gasteiger partial charge is 0.354 e. The van der Waals surface area contributed by atoms with Crippen LogP contribution in [0.4, 0.5) is 0 Å². The van der Waals surface area contributed by atoms with Crippen LogP contribution in [0.15, 0.2) is 48.7 Å². The lowest BCUT2D eigenvalue weighted by molar-refractivity contribution is 1.44. The van der Waals surface area contributed by atoms with Gasteiger partial charge in [-0.2, -0.15) is 0 Å². The molecule has 0 radical (unpaired) electrons. The highest BCUT2D eigenvalue weighted by Gasteiger charge is 2.07. The Morgan fingerprint density at radius 3 is 2.78 bits per heavy atom. The van der Waals surface area contributed by atoms with Crippen LogP contribution < -0.4 is 0 Å². The quantitative estimate of drug-likeness (QED) is 0.484. The topological polar surface area (TPSA) is 28.7 Å². The van der Waals surface area contributed by atoms with E-state index in [0.717, 1.165) is 5.52 Å². The van der Waals surface area contributed by atoms with Crippen LogP contribution in [0.25, 0.3) is 32.7 Å². The van der Waals surface area contributed by atoms with Gasteiger partial charge in [-0.15, -0.1) is 0 Å². The van der Waals surface area contributed by atoms with Gasteiger partial charge in [0.05, 0.1) is 11.0 Å². The second-order valence-corrected chi connectivity index (χ2v) is 4.74. The molecule has 0 aliphatic heterocycles. The third kappa shape index (κ3) is 1.20. The van der Waals surface area contributed by atoms with Gasteiger partial charge in [0.2, 0.25) is 0 Å². The molecule has 0 spiro atoms. The standard InChI is InChI=1S/C16H12N2/c1-10-6-7-11-13-9-17-14-5-3-2-4-12(14)16(13)18-15(11)8-10/h2-9,18H,1H3. The molecule has 86 valence electrons. The molecule has 0 fully saturated rings. The van der Waals surface area contributed by atoms with Crippen molar-refractivity contribution in [1.29, 1.82) is 0 Å². The number of H-pyrrole nitrogens is 1. The van der Waals surface area contributed by atoms with Crippen molar-refractivity contribution in [2.45, 2.75) is 6.92 Å². The predicted molar refractivity (Wildman–Crippen MR) is 75.8 cm³/mol. The van der Waals surface area contributed by atoms with Crippen LogP contribution in [-0.2, 0) is 0 Å². The first-order chi connectivity index (χ1) is 8.83. The zero-order valence-corrected chi connectivity index (χ0v) is 10.1. The highest BCUT2D eigenvalue weighted by molar-refractivity contribution is 6.15. The zero-order valence-electron chi connectivity index (χ0n) is 10.1. The van der Waals surface area contributed by atoms with E-state index in [0.29, 0.717) is 0 Å². The van der Waals surface area contributed by atoms with Crippen molar-refractivity contribution >= 4 is 32.7 Å². The average Bonchev–Trinajstić information content (AvgIpc) is 2.76. The van der Waals surface area contributed by atoms with Crippen LogP contribution in [0.2, 0.25) is 0 Å². The summed E-state index contributed by atoms with van der Waals surface area (Å²) in [5, 5.41) is 3.63. The maximum Gasteiger partial charge on any atom is 0.0723 e. The fourth-order valence-corrected chi connectivity index (χ4v) is 2.61. The molecule has 0 bridgehead atoms. The summed E-state index contributed by atoms with van der Waals surface area (Å²) < 4.78 is 0. The first-order valence-corrected chi connectivity index (χ1v) is 6.09. The van der Waals surface area contributed by atoms with Crippen LogP contribution in [0, 0.1) is 6.92 Å².